The number of methoxy groups -OCH3 is 1. The molecule has 3 nitrogen and oxygen atoms in total. The van der Waals surface area contributed by atoms with E-state index in [1.54, 1.807) is 7.11 Å². The molecule has 0 aliphatic carbocycles. The molecule has 1 N–H and O–H groups in total. The van der Waals surface area contributed by atoms with Crippen LogP contribution in [0.3, 0.4) is 0 Å². The maximum atomic E-state index is 10.00. The normalized spacial score (nSPS) is 29.1. The fourth-order valence-electron chi connectivity index (χ4n) is 2.07. The zero-order chi connectivity index (χ0) is 12.2. The molecule has 1 fully saturated rings. The van der Waals surface area contributed by atoms with Crippen molar-refractivity contribution in [2.45, 2.75) is 57.7 Å². The standard InChI is InChI=1S/C13H27NO2/c1-12(2,16-4)7-10-14-9-5-6-13(3,15)8-11-14/h15H,5-11H2,1-4H3. The molecule has 1 rings (SSSR count). The second kappa shape index (κ2) is 5.48. The number of likely N-dealkylation sites (tertiary alicyclic amines) is 1. The average molecular weight is 229 g/mol. The Morgan fingerprint density at radius 2 is 2.00 bits per heavy atom. The van der Waals surface area contributed by atoms with Crippen molar-refractivity contribution in [3.05, 3.63) is 0 Å². The minimum atomic E-state index is -0.453. The molecule has 0 spiro atoms. The Labute approximate surface area is 99.8 Å². The van der Waals surface area contributed by atoms with Gasteiger partial charge in [-0.25, -0.2) is 0 Å². The SMILES string of the molecule is COC(C)(C)CCN1CCCC(C)(O)CC1. The molecule has 0 aromatic carbocycles. The van der Waals surface area contributed by atoms with E-state index in [1.807, 2.05) is 6.92 Å². The molecule has 0 amide bonds. The van der Waals surface area contributed by atoms with E-state index in [4.69, 9.17) is 4.74 Å². The summed E-state index contributed by atoms with van der Waals surface area (Å²) in [5, 5.41) is 10.00. The molecule has 0 aromatic rings. The fraction of sp³-hybridized carbons (Fsp3) is 1.00. The van der Waals surface area contributed by atoms with Gasteiger partial charge < -0.3 is 14.7 Å². The van der Waals surface area contributed by atoms with Gasteiger partial charge in [-0.15, -0.1) is 0 Å². The van der Waals surface area contributed by atoms with Gasteiger partial charge in [-0.1, -0.05) is 0 Å². The van der Waals surface area contributed by atoms with Crippen LogP contribution < -0.4 is 0 Å². The molecule has 1 heterocycles. The van der Waals surface area contributed by atoms with E-state index >= 15 is 0 Å². The molecule has 96 valence electrons. The lowest BCUT2D eigenvalue weighted by Crippen LogP contribution is -2.34. The Balaban J connectivity index is 2.33. The third-order valence-electron chi connectivity index (χ3n) is 3.74. The van der Waals surface area contributed by atoms with Crippen LogP contribution in [-0.2, 0) is 4.74 Å². The van der Waals surface area contributed by atoms with Gasteiger partial charge >= 0.3 is 0 Å². The highest BCUT2D eigenvalue weighted by Crippen LogP contribution is 2.22. The number of ether oxygens (including phenoxy) is 1. The quantitative estimate of drug-likeness (QED) is 0.800. The summed E-state index contributed by atoms with van der Waals surface area (Å²) in [4.78, 5) is 2.45. The minimum absolute atomic E-state index is 0.0329. The van der Waals surface area contributed by atoms with E-state index in [-0.39, 0.29) is 5.60 Å². The molecular weight excluding hydrogens is 202 g/mol. The van der Waals surface area contributed by atoms with Gasteiger partial charge in [-0.2, -0.15) is 0 Å². The molecule has 1 aliphatic rings. The molecule has 0 aromatic heterocycles. The van der Waals surface area contributed by atoms with Crippen molar-refractivity contribution < 1.29 is 9.84 Å². The lowest BCUT2D eigenvalue weighted by Gasteiger charge is -2.28. The number of hydrogen-bond acceptors (Lipinski definition) is 3. The average Bonchev–Trinajstić information content (AvgIpc) is 2.37. The first-order valence-electron chi connectivity index (χ1n) is 6.35. The van der Waals surface area contributed by atoms with Crippen LogP contribution >= 0.6 is 0 Å². The summed E-state index contributed by atoms with van der Waals surface area (Å²) in [6.07, 6.45) is 3.96. The van der Waals surface area contributed by atoms with Gasteiger partial charge in [0.2, 0.25) is 0 Å². The molecule has 1 atom stereocenters. The molecule has 0 saturated carbocycles. The van der Waals surface area contributed by atoms with Gasteiger partial charge in [0.1, 0.15) is 0 Å². The Kier molecular flexibility index (Phi) is 4.77. The van der Waals surface area contributed by atoms with E-state index in [2.05, 4.69) is 18.7 Å². The van der Waals surface area contributed by atoms with Crippen molar-refractivity contribution in [3.8, 4) is 0 Å². The lowest BCUT2D eigenvalue weighted by atomic mass is 9.98. The molecule has 0 radical (unpaired) electrons. The fourth-order valence-corrected chi connectivity index (χ4v) is 2.07. The molecular formula is C13H27NO2. The van der Waals surface area contributed by atoms with Gasteiger partial charge in [0.05, 0.1) is 11.2 Å². The zero-order valence-electron chi connectivity index (χ0n) is 11.3. The second-order valence-electron chi connectivity index (χ2n) is 5.91. The number of rotatable bonds is 4. The van der Waals surface area contributed by atoms with E-state index in [9.17, 15) is 5.11 Å². The smallest absolute Gasteiger partial charge is 0.0634 e. The molecule has 0 bridgehead atoms. The molecule has 1 saturated heterocycles. The van der Waals surface area contributed by atoms with Crippen LogP contribution in [0.2, 0.25) is 0 Å². The first kappa shape index (κ1) is 13.9. The van der Waals surface area contributed by atoms with E-state index in [0.717, 1.165) is 45.3 Å². The van der Waals surface area contributed by atoms with Crippen LogP contribution in [0.1, 0.15) is 46.5 Å². The summed E-state index contributed by atoms with van der Waals surface area (Å²) in [6.45, 7) is 9.39. The Bertz CT molecular complexity index is 214. The molecule has 1 aliphatic heterocycles. The topological polar surface area (TPSA) is 32.7 Å². The van der Waals surface area contributed by atoms with Crippen molar-refractivity contribution >= 4 is 0 Å². The van der Waals surface area contributed by atoms with E-state index in [0.29, 0.717) is 0 Å². The highest BCUT2D eigenvalue weighted by Gasteiger charge is 2.26. The number of nitrogens with zero attached hydrogens (tertiary/aromatic N) is 1. The minimum Gasteiger partial charge on any atom is -0.390 e. The lowest BCUT2D eigenvalue weighted by molar-refractivity contribution is 0.00650. The molecule has 3 heteroatoms. The second-order valence-corrected chi connectivity index (χ2v) is 5.91. The van der Waals surface area contributed by atoms with Gasteiger partial charge in [0.25, 0.3) is 0 Å². The third kappa shape index (κ3) is 4.81. The predicted octanol–water partition coefficient (Wildman–Crippen LogP) is 2.04. The third-order valence-corrected chi connectivity index (χ3v) is 3.74. The van der Waals surface area contributed by atoms with Crippen molar-refractivity contribution in [1.82, 2.24) is 4.90 Å². The Morgan fingerprint density at radius 3 is 2.62 bits per heavy atom. The summed E-state index contributed by atoms with van der Waals surface area (Å²) in [7, 11) is 1.77. The van der Waals surface area contributed by atoms with Crippen LogP contribution in [0.4, 0.5) is 0 Å². The van der Waals surface area contributed by atoms with Crippen molar-refractivity contribution in [2.24, 2.45) is 0 Å². The maximum Gasteiger partial charge on any atom is 0.0634 e. The maximum absolute atomic E-state index is 10.00. The number of aliphatic hydroxyl groups is 1. The van der Waals surface area contributed by atoms with Crippen molar-refractivity contribution in [1.29, 1.82) is 0 Å². The highest BCUT2D eigenvalue weighted by molar-refractivity contribution is 4.80. The Morgan fingerprint density at radius 1 is 1.31 bits per heavy atom. The van der Waals surface area contributed by atoms with Crippen molar-refractivity contribution in [3.63, 3.8) is 0 Å². The largest absolute Gasteiger partial charge is 0.390 e. The van der Waals surface area contributed by atoms with Crippen LogP contribution in [0.15, 0.2) is 0 Å². The number of hydrogen-bond donors (Lipinski definition) is 1. The summed E-state index contributed by atoms with van der Waals surface area (Å²) >= 11 is 0. The Hall–Kier alpha value is -0.120. The summed E-state index contributed by atoms with van der Waals surface area (Å²) < 4.78 is 5.42. The monoisotopic (exact) mass is 229 g/mol. The summed E-state index contributed by atoms with van der Waals surface area (Å²) in [6, 6.07) is 0. The summed E-state index contributed by atoms with van der Waals surface area (Å²) in [5.41, 5.74) is -0.486. The first-order valence-corrected chi connectivity index (χ1v) is 6.35. The van der Waals surface area contributed by atoms with Gasteiger partial charge in [-0.05, 0) is 53.0 Å². The van der Waals surface area contributed by atoms with Gasteiger partial charge in [0, 0.05) is 20.2 Å². The van der Waals surface area contributed by atoms with E-state index in [1.165, 1.54) is 0 Å². The van der Waals surface area contributed by atoms with Gasteiger partial charge in [-0.3, -0.25) is 0 Å². The van der Waals surface area contributed by atoms with Gasteiger partial charge in [0.15, 0.2) is 0 Å². The molecule has 1 unspecified atom stereocenters. The summed E-state index contributed by atoms with van der Waals surface area (Å²) in [5.74, 6) is 0. The van der Waals surface area contributed by atoms with Crippen LogP contribution in [0.25, 0.3) is 0 Å². The van der Waals surface area contributed by atoms with Crippen LogP contribution in [-0.4, -0.2) is 48.0 Å². The van der Waals surface area contributed by atoms with Crippen molar-refractivity contribution in [2.75, 3.05) is 26.7 Å². The molecule has 16 heavy (non-hydrogen) atoms. The van der Waals surface area contributed by atoms with E-state index < -0.39 is 5.60 Å². The highest BCUT2D eigenvalue weighted by atomic mass is 16.5. The first-order chi connectivity index (χ1) is 7.35. The zero-order valence-corrected chi connectivity index (χ0v) is 11.3. The van der Waals surface area contributed by atoms with Crippen LogP contribution in [0.5, 0.6) is 0 Å². The van der Waals surface area contributed by atoms with Crippen LogP contribution in [0, 0.1) is 0 Å². The predicted molar refractivity (Wildman–Crippen MR) is 66.6 cm³/mol.